The maximum Gasteiger partial charge on any atom is 0.246 e. The Labute approximate surface area is 126 Å². The van der Waals surface area contributed by atoms with E-state index in [1.165, 1.54) is 4.31 Å². The quantitative estimate of drug-likeness (QED) is 0.770. The van der Waals surface area contributed by atoms with Crippen molar-refractivity contribution in [3.8, 4) is 0 Å². The molecule has 1 aromatic rings. The smallest absolute Gasteiger partial charge is 0.246 e. The third-order valence-electron chi connectivity index (χ3n) is 3.69. The van der Waals surface area contributed by atoms with E-state index in [-0.39, 0.29) is 11.0 Å². The van der Waals surface area contributed by atoms with Crippen LogP contribution in [0.1, 0.15) is 31.2 Å². The van der Waals surface area contributed by atoms with E-state index in [2.05, 4.69) is 15.5 Å². The van der Waals surface area contributed by atoms with Crippen LogP contribution in [0, 0.1) is 6.92 Å². The third kappa shape index (κ3) is 3.45. The van der Waals surface area contributed by atoms with Crippen LogP contribution in [0.2, 0.25) is 0 Å². The zero-order valence-electron chi connectivity index (χ0n) is 12.8. The first-order valence-electron chi connectivity index (χ1n) is 7.30. The van der Waals surface area contributed by atoms with Crippen LogP contribution < -0.4 is 5.32 Å². The molecule has 2 N–H and O–H groups in total. The van der Waals surface area contributed by atoms with E-state index in [9.17, 15) is 8.42 Å². The number of sulfonamides is 1. The van der Waals surface area contributed by atoms with Crippen molar-refractivity contribution in [3.05, 3.63) is 11.4 Å². The number of hydrogen-bond acceptors (Lipinski definition) is 5. The van der Waals surface area contributed by atoms with Crippen LogP contribution in [-0.4, -0.2) is 55.8 Å². The number of aromatic nitrogens is 2. The summed E-state index contributed by atoms with van der Waals surface area (Å²) in [5.74, 6) is 0. The van der Waals surface area contributed by atoms with Crippen molar-refractivity contribution < 1.29 is 13.2 Å². The van der Waals surface area contributed by atoms with E-state index in [1.807, 2.05) is 6.92 Å². The highest BCUT2D eigenvalue weighted by atomic mass is 32.2. The largest absolute Gasteiger partial charge is 0.377 e. The number of rotatable bonds is 7. The van der Waals surface area contributed by atoms with Crippen LogP contribution in [0.3, 0.4) is 0 Å². The molecule has 1 aliphatic rings. The predicted molar refractivity (Wildman–Crippen MR) is 79.5 cm³/mol. The van der Waals surface area contributed by atoms with Crippen molar-refractivity contribution in [2.75, 3.05) is 26.7 Å². The molecule has 2 heterocycles. The van der Waals surface area contributed by atoms with E-state index in [1.54, 1.807) is 14.0 Å². The zero-order valence-corrected chi connectivity index (χ0v) is 13.7. The van der Waals surface area contributed by atoms with Gasteiger partial charge in [0.05, 0.1) is 17.5 Å². The van der Waals surface area contributed by atoms with Gasteiger partial charge in [-0.3, -0.25) is 5.10 Å². The van der Waals surface area contributed by atoms with Gasteiger partial charge in [0, 0.05) is 26.2 Å². The highest BCUT2D eigenvalue weighted by Gasteiger charge is 2.32. The number of likely N-dealkylation sites (N-methyl/N-ethyl adjacent to an activating group) is 1. The Morgan fingerprint density at radius 2 is 2.29 bits per heavy atom. The predicted octanol–water partition coefficient (Wildman–Crippen LogP) is 0.627. The average Bonchev–Trinajstić information content (AvgIpc) is 3.06. The molecular weight excluding hydrogens is 292 g/mol. The van der Waals surface area contributed by atoms with Gasteiger partial charge in [-0.15, -0.1) is 0 Å². The topological polar surface area (TPSA) is 87.3 Å². The molecule has 0 spiro atoms. The van der Waals surface area contributed by atoms with E-state index >= 15 is 0 Å². The molecule has 0 radical (unpaired) electrons. The summed E-state index contributed by atoms with van der Waals surface area (Å²) >= 11 is 0. The molecule has 0 bridgehead atoms. The molecular formula is C13H24N4O3S. The Morgan fingerprint density at radius 3 is 2.86 bits per heavy atom. The van der Waals surface area contributed by atoms with E-state index in [0.29, 0.717) is 31.0 Å². The molecule has 2 rings (SSSR count). The summed E-state index contributed by atoms with van der Waals surface area (Å²) in [6.45, 7) is 5.54. The summed E-state index contributed by atoms with van der Waals surface area (Å²) in [6, 6.07) is 0. The van der Waals surface area contributed by atoms with Gasteiger partial charge in [0.1, 0.15) is 4.90 Å². The first kappa shape index (κ1) is 16.4. The molecule has 0 saturated carbocycles. The molecule has 0 aromatic carbocycles. The van der Waals surface area contributed by atoms with E-state index in [4.69, 9.17) is 4.74 Å². The molecule has 1 unspecified atom stereocenters. The van der Waals surface area contributed by atoms with Gasteiger partial charge in [-0.05, 0) is 26.8 Å². The maximum atomic E-state index is 12.9. The highest BCUT2D eigenvalue weighted by Crippen LogP contribution is 2.24. The van der Waals surface area contributed by atoms with Gasteiger partial charge in [-0.2, -0.15) is 9.40 Å². The maximum absolute atomic E-state index is 12.9. The number of H-pyrrole nitrogens is 1. The molecule has 120 valence electrons. The summed E-state index contributed by atoms with van der Waals surface area (Å²) in [4.78, 5) is 0.289. The van der Waals surface area contributed by atoms with Crippen LogP contribution in [0.5, 0.6) is 0 Å². The zero-order chi connectivity index (χ0) is 15.5. The molecule has 1 aliphatic heterocycles. The van der Waals surface area contributed by atoms with Crippen molar-refractivity contribution >= 4 is 10.0 Å². The Morgan fingerprint density at radius 1 is 1.52 bits per heavy atom. The molecule has 1 fully saturated rings. The Balaban J connectivity index is 2.27. The molecule has 1 saturated heterocycles. The molecule has 1 atom stereocenters. The monoisotopic (exact) mass is 316 g/mol. The first-order chi connectivity index (χ1) is 10.0. The SMILES string of the molecule is CCN(CC1CCCO1)S(=O)(=O)c1c(CNC)n[nH]c1C. The number of aryl methyl sites for hydroxylation is 1. The minimum atomic E-state index is -3.56. The molecule has 21 heavy (non-hydrogen) atoms. The lowest BCUT2D eigenvalue weighted by Gasteiger charge is -2.23. The molecule has 0 aliphatic carbocycles. The average molecular weight is 316 g/mol. The molecule has 8 heteroatoms. The Bertz CT molecular complexity index is 564. The van der Waals surface area contributed by atoms with Gasteiger partial charge in [0.25, 0.3) is 0 Å². The number of aromatic amines is 1. The van der Waals surface area contributed by atoms with E-state index < -0.39 is 10.0 Å². The standard InChI is InChI=1S/C13H24N4O3S/c1-4-17(9-11-6-5-7-20-11)21(18,19)13-10(2)15-16-12(13)8-14-3/h11,14H,4-9H2,1-3H3,(H,15,16). The Kier molecular flexibility index (Phi) is 5.37. The lowest BCUT2D eigenvalue weighted by molar-refractivity contribution is 0.0946. The normalized spacial score (nSPS) is 19.5. The summed E-state index contributed by atoms with van der Waals surface area (Å²) in [7, 11) is -1.79. The lowest BCUT2D eigenvalue weighted by Crippen LogP contribution is -2.37. The second kappa shape index (κ2) is 6.87. The fraction of sp³-hybridized carbons (Fsp3) is 0.769. The van der Waals surface area contributed by atoms with Crippen molar-refractivity contribution in [2.45, 2.75) is 44.2 Å². The minimum absolute atomic E-state index is 0.000294. The van der Waals surface area contributed by atoms with Crippen molar-refractivity contribution in [1.29, 1.82) is 0 Å². The van der Waals surface area contributed by atoms with Gasteiger partial charge >= 0.3 is 0 Å². The number of nitrogens with zero attached hydrogens (tertiary/aromatic N) is 2. The third-order valence-corrected chi connectivity index (χ3v) is 5.83. The molecule has 0 amide bonds. The molecule has 1 aromatic heterocycles. The number of nitrogens with one attached hydrogen (secondary N) is 2. The second-order valence-electron chi connectivity index (χ2n) is 5.25. The van der Waals surface area contributed by atoms with Crippen molar-refractivity contribution in [2.24, 2.45) is 0 Å². The van der Waals surface area contributed by atoms with Gasteiger partial charge in [-0.25, -0.2) is 8.42 Å². The van der Waals surface area contributed by atoms with Crippen molar-refractivity contribution in [1.82, 2.24) is 19.8 Å². The lowest BCUT2D eigenvalue weighted by atomic mass is 10.2. The van der Waals surface area contributed by atoms with E-state index in [0.717, 1.165) is 19.4 Å². The summed E-state index contributed by atoms with van der Waals surface area (Å²) in [6.07, 6.45) is 1.91. The summed E-state index contributed by atoms with van der Waals surface area (Å²) in [5.41, 5.74) is 1.10. The van der Waals surface area contributed by atoms with Crippen LogP contribution in [0.25, 0.3) is 0 Å². The fourth-order valence-corrected chi connectivity index (χ4v) is 4.45. The van der Waals surface area contributed by atoms with Crippen LogP contribution in [-0.2, 0) is 21.3 Å². The van der Waals surface area contributed by atoms with Gasteiger partial charge in [0.15, 0.2) is 0 Å². The van der Waals surface area contributed by atoms with Crippen LogP contribution >= 0.6 is 0 Å². The fourth-order valence-electron chi connectivity index (χ4n) is 2.64. The van der Waals surface area contributed by atoms with Gasteiger partial charge < -0.3 is 10.1 Å². The van der Waals surface area contributed by atoms with Crippen LogP contribution in [0.15, 0.2) is 4.90 Å². The Hall–Kier alpha value is -0.960. The number of hydrogen-bond donors (Lipinski definition) is 2. The van der Waals surface area contributed by atoms with Crippen molar-refractivity contribution in [3.63, 3.8) is 0 Å². The highest BCUT2D eigenvalue weighted by molar-refractivity contribution is 7.89. The summed E-state index contributed by atoms with van der Waals surface area (Å²) in [5, 5.41) is 9.82. The number of ether oxygens (including phenoxy) is 1. The first-order valence-corrected chi connectivity index (χ1v) is 8.74. The van der Waals surface area contributed by atoms with Crippen LogP contribution in [0.4, 0.5) is 0 Å². The minimum Gasteiger partial charge on any atom is -0.377 e. The molecule has 7 nitrogen and oxygen atoms in total. The van der Waals surface area contributed by atoms with Gasteiger partial charge in [0.2, 0.25) is 10.0 Å². The second-order valence-corrected chi connectivity index (χ2v) is 7.12. The summed E-state index contributed by atoms with van der Waals surface area (Å²) < 4.78 is 32.9. The van der Waals surface area contributed by atoms with Gasteiger partial charge in [-0.1, -0.05) is 6.92 Å².